The van der Waals surface area contributed by atoms with Crippen LogP contribution in [-0.4, -0.2) is 110 Å². The molecule has 2 saturated heterocycles. The average molecular weight is 865 g/mol. The number of ether oxygens (including phenoxy) is 5. The number of amides is 1. The van der Waals surface area contributed by atoms with Crippen LogP contribution in [0, 0.1) is 29.6 Å². The molecule has 5 rings (SSSR count). The summed E-state index contributed by atoms with van der Waals surface area (Å²) in [6.45, 7) is 12.8. The highest BCUT2D eigenvalue weighted by molar-refractivity contribution is 6.39. The van der Waals surface area contributed by atoms with E-state index >= 15 is 0 Å². The van der Waals surface area contributed by atoms with Crippen LogP contribution in [0.2, 0.25) is 0 Å². The summed E-state index contributed by atoms with van der Waals surface area (Å²) in [7, 11) is 4.88. The molecule has 13 atom stereocenters. The molecule has 62 heavy (non-hydrogen) atoms. The summed E-state index contributed by atoms with van der Waals surface area (Å²) in [5, 5.41) is 15.8. The van der Waals surface area contributed by atoms with Crippen molar-refractivity contribution in [1.29, 1.82) is 0 Å². The lowest BCUT2D eigenvalue weighted by Crippen LogP contribution is -2.64. The van der Waals surface area contributed by atoms with Gasteiger partial charge in [0.05, 0.1) is 18.3 Å². The summed E-state index contributed by atoms with van der Waals surface area (Å²) >= 11 is 0. The number of benzene rings is 1. The third-order valence-corrected chi connectivity index (χ3v) is 14.2. The van der Waals surface area contributed by atoms with Crippen LogP contribution >= 0.6 is 0 Å². The van der Waals surface area contributed by atoms with Crippen molar-refractivity contribution < 1.29 is 48.0 Å². The number of carbonyl (C=O) groups excluding carboxylic acids is 4. The molecule has 0 spiro atoms. The van der Waals surface area contributed by atoms with Crippen molar-refractivity contribution in [3.05, 3.63) is 59.2 Å². The number of methoxy groups -OCH3 is 3. The Morgan fingerprint density at radius 2 is 1.61 bits per heavy atom. The molecule has 346 valence electrons. The maximum atomic E-state index is 14.5. The smallest absolute Gasteiger partial charge is 0.329 e. The fourth-order valence-electron chi connectivity index (χ4n) is 10.5. The second-order valence-corrected chi connectivity index (χ2v) is 18.9. The minimum atomic E-state index is -2.46. The van der Waals surface area contributed by atoms with Crippen molar-refractivity contribution in [3.8, 4) is 0 Å². The fraction of sp³-hybridized carbons (Fsp3) is 0.720. The van der Waals surface area contributed by atoms with E-state index in [0.717, 1.165) is 37.0 Å². The Morgan fingerprint density at radius 3 is 2.29 bits per heavy atom. The average Bonchev–Trinajstić information content (AvgIpc) is 3.27. The zero-order chi connectivity index (χ0) is 45.1. The second kappa shape index (κ2) is 23.1. The van der Waals surface area contributed by atoms with Gasteiger partial charge in [-0.3, -0.25) is 14.4 Å². The van der Waals surface area contributed by atoms with Crippen LogP contribution in [0.3, 0.4) is 0 Å². The first-order chi connectivity index (χ1) is 29.6. The van der Waals surface area contributed by atoms with E-state index in [1.54, 1.807) is 28.3 Å². The van der Waals surface area contributed by atoms with Gasteiger partial charge in [-0.25, -0.2) is 4.79 Å². The number of rotatable bonds is 9. The summed E-state index contributed by atoms with van der Waals surface area (Å²) in [5.74, 6) is -5.98. The van der Waals surface area contributed by atoms with E-state index in [4.69, 9.17) is 23.7 Å². The highest BCUT2D eigenvalue weighted by atomic mass is 16.7. The maximum absolute atomic E-state index is 14.5. The molecular weight excluding hydrogens is 789 g/mol. The Morgan fingerprint density at radius 1 is 0.919 bits per heavy atom. The van der Waals surface area contributed by atoms with Crippen molar-refractivity contribution in [3.63, 3.8) is 0 Å². The minimum absolute atomic E-state index is 0.00579. The van der Waals surface area contributed by atoms with E-state index < -0.39 is 59.8 Å². The molecule has 2 bridgehead atoms. The molecule has 12 nitrogen and oxygen atoms in total. The molecule has 1 saturated carbocycles. The maximum Gasteiger partial charge on any atom is 0.329 e. The quantitative estimate of drug-likeness (QED) is 0.146. The van der Waals surface area contributed by atoms with E-state index in [9.17, 15) is 24.3 Å². The van der Waals surface area contributed by atoms with E-state index in [1.807, 2.05) is 45.9 Å². The summed E-state index contributed by atoms with van der Waals surface area (Å²) in [5.41, 5.74) is 3.20. The lowest BCUT2D eigenvalue weighted by Gasteiger charge is -2.47. The summed E-state index contributed by atoms with van der Waals surface area (Å²) in [4.78, 5) is 58.3. The predicted molar refractivity (Wildman–Crippen MR) is 238 cm³/mol. The molecule has 3 aliphatic heterocycles. The van der Waals surface area contributed by atoms with Gasteiger partial charge in [-0.05, 0) is 113 Å². The molecular formula is C50H76N2O10. The Hall–Kier alpha value is -3.26. The first kappa shape index (κ1) is 49.8. The minimum Gasteiger partial charge on any atom is -0.456 e. The zero-order valence-electron chi connectivity index (χ0n) is 38.9. The van der Waals surface area contributed by atoms with Gasteiger partial charge < -0.3 is 39.0 Å². The van der Waals surface area contributed by atoms with Crippen LogP contribution in [0.5, 0.6) is 0 Å². The normalized spacial score (nSPS) is 37.4. The summed E-state index contributed by atoms with van der Waals surface area (Å²) in [6.07, 6.45) is 8.86. The SMILES string of the molecule is CC[C@@H]1/C=C(\C)C[C@H](C)C[C@H](OC)[C@H]2O[C@@](O)(C(=O)C(=O)N3CCCC[C@H]3C(=O)O[C@H](/C(C)=C/[C@@H]3CC[C@H](NCc4ccccc4)[C@H](OC)C3)[C@H](C)CCC1=O)[C@H](C)C[C@@H]2OC. The largest absolute Gasteiger partial charge is 0.456 e. The number of Topliss-reactive ketones (excluding diaryl/α,β-unsaturated/α-hetero) is 2. The van der Waals surface area contributed by atoms with E-state index in [0.29, 0.717) is 51.4 Å². The molecule has 0 aromatic heterocycles. The number of piperidine rings is 1. The molecule has 2 N–H and O–H groups in total. The zero-order valence-corrected chi connectivity index (χ0v) is 38.9. The Bertz CT molecular complexity index is 1720. The molecule has 1 aliphatic carbocycles. The van der Waals surface area contributed by atoms with Gasteiger partial charge in [0, 0.05) is 58.7 Å². The Kier molecular flexibility index (Phi) is 18.5. The van der Waals surface area contributed by atoms with Gasteiger partial charge in [-0.2, -0.15) is 0 Å². The Balaban J connectivity index is 1.45. The van der Waals surface area contributed by atoms with E-state index in [1.165, 1.54) is 10.5 Å². The van der Waals surface area contributed by atoms with Crippen molar-refractivity contribution in [2.75, 3.05) is 27.9 Å². The molecule has 1 aromatic rings. The monoisotopic (exact) mass is 865 g/mol. The molecule has 0 radical (unpaired) electrons. The van der Waals surface area contributed by atoms with Gasteiger partial charge in [0.15, 0.2) is 0 Å². The number of aliphatic hydroxyl groups is 1. The third-order valence-electron chi connectivity index (χ3n) is 14.2. The van der Waals surface area contributed by atoms with Crippen molar-refractivity contribution in [2.24, 2.45) is 29.6 Å². The highest BCUT2D eigenvalue weighted by Crippen LogP contribution is 2.39. The van der Waals surface area contributed by atoms with Crippen LogP contribution in [-0.2, 0) is 49.4 Å². The third kappa shape index (κ3) is 12.3. The predicted octanol–water partition coefficient (Wildman–Crippen LogP) is 7.30. The number of esters is 1. The summed E-state index contributed by atoms with van der Waals surface area (Å²) in [6, 6.07) is 9.49. The molecule has 1 aromatic carbocycles. The van der Waals surface area contributed by atoms with Crippen LogP contribution in [0.25, 0.3) is 0 Å². The van der Waals surface area contributed by atoms with Crippen LogP contribution in [0.4, 0.5) is 0 Å². The standard InChI is InChI=1S/C50H76N2O10/c1-10-38-25-31(2)24-32(3)26-43(59-8)46-44(60-9)28-35(6)50(57,62-46)47(54)48(55)52-23-15-14-18-40(52)49(56)61-45(33(4)19-22-41(38)53)34(5)27-37-20-21-39(42(29-37)58-7)51-30-36-16-12-11-13-17-36/h11-13,16-17,25,27,32-33,35,37-40,42-46,51,57H,10,14-15,18-24,26,28-30H2,1-9H3/b31-25+,34-27+/t32-,33+,35+,37-,38+,39-,40-,42+,43-,44-,45-,46+,50+/m0/s1. The molecule has 3 heterocycles. The van der Waals surface area contributed by atoms with E-state index in [-0.39, 0.29) is 54.6 Å². The van der Waals surface area contributed by atoms with Crippen molar-refractivity contribution in [2.45, 2.75) is 174 Å². The van der Waals surface area contributed by atoms with Gasteiger partial charge in [-0.15, -0.1) is 0 Å². The lowest BCUT2D eigenvalue weighted by atomic mass is 9.81. The first-order valence-electron chi connectivity index (χ1n) is 23.3. The number of cyclic esters (lactones) is 1. The van der Waals surface area contributed by atoms with Crippen LogP contribution in [0.1, 0.15) is 124 Å². The number of allylic oxidation sites excluding steroid dienone is 3. The van der Waals surface area contributed by atoms with Gasteiger partial charge in [0.25, 0.3) is 11.7 Å². The van der Waals surface area contributed by atoms with Gasteiger partial charge in [0.1, 0.15) is 24.0 Å². The number of hydrogen-bond acceptors (Lipinski definition) is 11. The molecule has 4 aliphatic rings. The highest BCUT2D eigenvalue weighted by Gasteiger charge is 2.56. The lowest BCUT2D eigenvalue weighted by molar-refractivity contribution is -0.302. The van der Waals surface area contributed by atoms with E-state index in [2.05, 4.69) is 36.5 Å². The van der Waals surface area contributed by atoms with Crippen LogP contribution < -0.4 is 5.32 Å². The van der Waals surface area contributed by atoms with Crippen molar-refractivity contribution >= 4 is 23.4 Å². The number of nitrogens with zero attached hydrogens (tertiary/aromatic N) is 1. The molecule has 1 amide bonds. The fourth-order valence-corrected chi connectivity index (χ4v) is 10.5. The summed E-state index contributed by atoms with van der Waals surface area (Å²) < 4.78 is 30.6. The molecule has 12 heteroatoms. The topological polar surface area (TPSA) is 150 Å². The first-order valence-corrected chi connectivity index (χ1v) is 23.3. The molecule has 0 unspecified atom stereocenters. The number of nitrogens with one attached hydrogen (secondary N) is 1. The number of carbonyl (C=O) groups is 4. The number of ketones is 2. The van der Waals surface area contributed by atoms with Gasteiger partial charge >= 0.3 is 5.97 Å². The Labute approximate surface area is 370 Å². The molecule has 3 fully saturated rings. The number of fused-ring (bicyclic) bond motifs is 3. The van der Waals surface area contributed by atoms with Crippen molar-refractivity contribution in [1.82, 2.24) is 10.2 Å². The van der Waals surface area contributed by atoms with Crippen LogP contribution in [0.15, 0.2) is 53.6 Å². The van der Waals surface area contributed by atoms with Gasteiger partial charge in [0.2, 0.25) is 5.79 Å². The van der Waals surface area contributed by atoms with Gasteiger partial charge in [-0.1, -0.05) is 75.8 Å². The second-order valence-electron chi connectivity index (χ2n) is 18.9. The number of hydrogen-bond donors (Lipinski definition) is 2.